The lowest BCUT2D eigenvalue weighted by Crippen LogP contribution is -2.42. The summed E-state index contributed by atoms with van der Waals surface area (Å²) in [6.45, 7) is 7.42. The Hall–Kier alpha value is -2.04. The van der Waals surface area contributed by atoms with Gasteiger partial charge in [0.2, 0.25) is 5.91 Å². The molecule has 2 aromatic rings. The predicted octanol–water partition coefficient (Wildman–Crippen LogP) is 3.06. The molecule has 0 unspecified atom stereocenters. The quantitative estimate of drug-likeness (QED) is 0.875. The van der Waals surface area contributed by atoms with Crippen molar-refractivity contribution in [3.05, 3.63) is 41.9 Å². The van der Waals surface area contributed by atoms with Crippen LogP contribution in [0, 0.1) is 13.8 Å². The van der Waals surface area contributed by atoms with Gasteiger partial charge in [-0.3, -0.25) is 4.79 Å². The number of imidazole rings is 1. The molecule has 0 N–H and O–H groups in total. The Kier molecular flexibility index (Phi) is 4.05. The van der Waals surface area contributed by atoms with Crippen molar-refractivity contribution < 1.29 is 9.21 Å². The molecule has 0 bridgehead atoms. The Bertz CT molecular complexity index is 645. The SMILES string of the molecule is Cc1cc([C@H](C)C(=O)N2CCC[C@H](n3ccnc3)C2)c(C)o1. The van der Waals surface area contributed by atoms with Crippen LogP contribution in [0.1, 0.15) is 48.8 Å². The molecule has 1 aliphatic heterocycles. The highest BCUT2D eigenvalue weighted by atomic mass is 16.3. The van der Waals surface area contributed by atoms with Gasteiger partial charge in [-0.15, -0.1) is 0 Å². The van der Waals surface area contributed by atoms with Gasteiger partial charge in [-0.1, -0.05) is 0 Å². The number of hydrogen-bond acceptors (Lipinski definition) is 3. The van der Waals surface area contributed by atoms with Gasteiger partial charge >= 0.3 is 0 Å². The third-order valence-corrected chi connectivity index (χ3v) is 4.57. The standard InChI is InChI=1S/C17H23N3O2/c1-12-9-16(14(3)22-12)13(2)17(21)19-7-4-5-15(10-19)20-8-6-18-11-20/h6,8-9,11,13,15H,4-5,7,10H2,1-3H3/t13-,15-/m0/s1. The molecule has 0 saturated carbocycles. The van der Waals surface area contributed by atoms with Crippen molar-refractivity contribution in [1.82, 2.24) is 14.5 Å². The van der Waals surface area contributed by atoms with Crippen molar-refractivity contribution in [3.8, 4) is 0 Å². The van der Waals surface area contributed by atoms with Gasteiger partial charge in [0, 0.05) is 31.0 Å². The van der Waals surface area contributed by atoms with Crippen LogP contribution in [0.25, 0.3) is 0 Å². The molecule has 5 nitrogen and oxygen atoms in total. The predicted molar refractivity (Wildman–Crippen MR) is 83.7 cm³/mol. The number of likely N-dealkylation sites (tertiary alicyclic amines) is 1. The maximum atomic E-state index is 12.8. The Balaban J connectivity index is 1.72. The van der Waals surface area contributed by atoms with Crippen LogP contribution in [0.4, 0.5) is 0 Å². The van der Waals surface area contributed by atoms with Gasteiger partial charge in [-0.25, -0.2) is 4.98 Å². The van der Waals surface area contributed by atoms with Gasteiger partial charge in [0.25, 0.3) is 0 Å². The molecule has 3 heterocycles. The van der Waals surface area contributed by atoms with Crippen LogP contribution < -0.4 is 0 Å². The normalized spacial score (nSPS) is 20.1. The lowest BCUT2D eigenvalue weighted by atomic mass is 9.97. The minimum absolute atomic E-state index is 0.154. The average molecular weight is 301 g/mol. The number of piperidine rings is 1. The van der Waals surface area contributed by atoms with Crippen LogP contribution in [0.15, 0.2) is 29.2 Å². The average Bonchev–Trinajstić information content (AvgIpc) is 3.15. The maximum Gasteiger partial charge on any atom is 0.230 e. The maximum absolute atomic E-state index is 12.8. The second-order valence-corrected chi connectivity index (χ2v) is 6.18. The van der Waals surface area contributed by atoms with Crippen LogP contribution in [-0.2, 0) is 4.79 Å². The molecule has 5 heteroatoms. The van der Waals surface area contributed by atoms with Crippen LogP contribution in [0.5, 0.6) is 0 Å². The van der Waals surface area contributed by atoms with Gasteiger partial charge in [-0.05, 0) is 39.7 Å². The van der Waals surface area contributed by atoms with Crippen molar-refractivity contribution in [1.29, 1.82) is 0 Å². The number of rotatable bonds is 3. The minimum atomic E-state index is -0.154. The molecule has 1 saturated heterocycles. The summed E-state index contributed by atoms with van der Waals surface area (Å²) >= 11 is 0. The van der Waals surface area contributed by atoms with E-state index in [9.17, 15) is 4.79 Å². The van der Waals surface area contributed by atoms with E-state index in [1.54, 1.807) is 6.20 Å². The molecule has 2 atom stereocenters. The number of amides is 1. The Morgan fingerprint density at radius 1 is 1.45 bits per heavy atom. The summed E-state index contributed by atoms with van der Waals surface area (Å²) in [6.07, 6.45) is 7.74. The van der Waals surface area contributed by atoms with Crippen molar-refractivity contribution in [2.45, 2.75) is 45.6 Å². The van der Waals surface area contributed by atoms with Crippen molar-refractivity contribution in [2.75, 3.05) is 13.1 Å². The highest BCUT2D eigenvalue weighted by Gasteiger charge is 2.29. The van der Waals surface area contributed by atoms with E-state index in [1.807, 2.05) is 44.3 Å². The van der Waals surface area contributed by atoms with Crippen molar-refractivity contribution in [3.63, 3.8) is 0 Å². The summed E-state index contributed by atoms with van der Waals surface area (Å²) in [5, 5.41) is 0. The third-order valence-electron chi connectivity index (χ3n) is 4.57. The van der Waals surface area contributed by atoms with Crippen LogP contribution >= 0.6 is 0 Å². The van der Waals surface area contributed by atoms with Gasteiger partial charge in [0.05, 0.1) is 18.3 Å². The largest absolute Gasteiger partial charge is 0.466 e. The molecule has 0 spiro atoms. The molecular formula is C17H23N3O2. The van der Waals surface area contributed by atoms with E-state index >= 15 is 0 Å². The molecule has 118 valence electrons. The summed E-state index contributed by atoms with van der Waals surface area (Å²) in [5.41, 5.74) is 1.01. The molecule has 22 heavy (non-hydrogen) atoms. The molecule has 2 aromatic heterocycles. The Morgan fingerprint density at radius 2 is 2.27 bits per heavy atom. The van der Waals surface area contributed by atoms with Crippen molar-refractivity contribution >= 4 is 5.91 Å². The number of carbonyl (C=O) groups is 1. The fourth-order valence-electron chi connectivity index (χ4n) is 3.37. The summed E-state index contributed by atoms with van der Waals surface area (Å²) in [5.74, 6) is 1.75. The molecular weight excluding hydrogens is 278 g/mol. The molecule has 1 fully saturated rings. The van der Waals surface area contributed by atoms with Gasteiger partial charge < -0.3 is 13.9 Å². The third kappa shape index (κ3) is 2.80. The fraction of sp³-hybridized carbons (Fsp3) is 0.529. The van der Waals surface area contributed by atoms with E-state index in [1.165, 1.54) is 0 Å². The first-order valence-electron chi connectivity index (χ1n) is 7.89. The monoisotopic (exact) mass is 301 g/mol. The van der Waals surface area contributed by atoms with Gasteiger partial charge in [0.1, 0.15) is 11.5 Å². The van der Waals surface area contributed by atoms with E-state index in [2.05, 4.69) is 9.55 Å². The lowest BCUT2D eigenvalue weighted by molar-refractivity contribution is -0.134. The number of aromatic nitrogens is 2. The van der Waals surface area contributed by atoms with Crippen LogP contribution in [0.3, 0.4) is 0 Å². The summed E-state index contributed by atoms with van der Waals surface area (Å²) in [6, 6.07) is 2.31. The molecule has 1 aliphatic rings. The summed E-state index contributed by atoms with van der Waals surface area (Å²) < 4.78 is 7.68. The van der Waals surface area contributed by atoms with E-state index < -0.39 is 0 Å². The highest BCUT2D eigenvalue weighted by molar-refractivity contribution is 5.83. The second-order valence-electron chi connectivity index (χ2n) is 6.18. The highest BCUT2D eigenvalue weighted by Crippen LogP contribution is 2.28. The van der Waals surface area contributed by atoms with E-state index in [4.69, 9.17) is 4.42 Å². The second kappa shape index (κ2) is 5.99. The number of furan rings is 1. The lowest BCUT2D eigenvalue weighted by Gasteiger charge is -2.34. The first-order chi connectivity index (χ1) is 10.6. The molecule has 0 aliphatic carbocycles. The smallest absolute Gasteiger partial charge is 0.230 e. The van der Waals surface area contributed by atoms with Gasteiger partial charge in [0.15, 0.2) is 0 Å². The van der Waals surface area contributed by atoms with Crippen LogP contribution in [-0.4, -0.2) is 33.4 Å². The Labute approximate surface area is 130 Å². The zero-order chi connectivity index (χ0) is 15.7. The van der Waals surface area contributed by atoms with Gasteiger partial charge in [-0.2, -0.15) is 0 Å². The minimum Gasteiger partial charge on any atom is -0.466 e. The molecule has 0 aromatic carbocycles. The molecule has 0 radical (unpaired) electrons. The number of hydrogen-bond donors (Lipinski definition) is 0. The Morgan fingerprint density at radius 3 is 2.91 bits per heavy atom. The van der Waals surface area contributed by atoms with E-state index in [0.717, 1.165) is 43.0 Å². The number of aryl methyl sites for hydroxylation is 2. The number of carbonyl (C=O) groups excluding carboxylic acids is 1. The van der Waals surface area contributed by atoms with Crippen molar-refractivity contribution in [2.24, 2.45) is 0 Å². The van der Waals surface area contributed by atoms with E-state index in [-0.39, 0.29) is 11.8 Å². The van der Waals surface area contributed by atoms with E-state index in [0.29, 0.717) is 6.04 Å². The zero-order valence-corrected chi connectivity index (χ0v) is 13.5. The first-order valence-corrected chi connectivity index (χ1v) is 7.89. The summed E-state index contributed by atoms with van der Waals surface area (Å²) in [7, 11) is 0. The first kappa shape index (κ1) is 14.9. The molecule has 3 rings (SSSR count). The molecule has 1 amide bonds. The zero-order valence-electron chi connectivity index (χ0n) is 13.5. The number of nitrogens with zero attached hydrogens (tertiary/aromatic N) is 3. The topological polar surface area (TPSA) is 51.3 Å². The van der Waals surface area contributed by atoms with Crippen LogP contribution in [0.2, 0.25) is 0 Å². The summed E-state index contributed by atoms with van der Waals surface area (Å²) in [4.78, 5) is 18.9. The fourth-order valence-corrected chi connectivity index (χ4v) is 3.37.